The van der Waals surface area contributed by atoms with Crippen molar-refractivity contribution in [1.29, 1.82) is 0 Å². The molecule has 1 atom stereocenters. The molecule has 1 heterocycles. The summed E-state index contributed by atoms with van der Waals surface area (Å²) < 4.78 is 5.12. The van der Waals surface area contributed by atoms with Gasteiger partial charge in [0.2, 0.25) is 11.8 Å². The van der Waals surface area contributed by atoms with Crippen molar-refractivity contribution in [2.45, 2.75) is 46.1 Å². The number of unbranched alkanes of at least 4 members (excludes halogenated alkanes) is 1. The average Bonchev–Trinajstić information content (AvgIpc) is 2.54. The van der Waals surface area contributed by atoms with Crippen LogP contribution in [0.15, 0.2) is 0 Å². The largest absolute Gasteiger partial charge is 0.466 e. The molecule has 0 radical (unpaired) electrons. The maximum absolute atomic E-state index is 12.5. The molecule has 23 heavy (non-hydrogen) atoms. The van der Waals surface area contributed by atoms with E-state index < -0.39 is 12.0 Å². The van der Waals surface area contributed by atoms with E-state index in [2.05, 4.69) is 5.32 Å². The summed E-state index contributed by atoms with van der Waals surface area (Å²) in [7, 11) is 0. The number of amides is 2. The van der Waals surface area contributed by atoms with E-state index in [9.17, 15) is 14.4 Å². The fourth-order valence-electron chi connectivity index (χ4n) is 2.49. The molecular formula is C16H29N3O4. The Balaban J connectivity index is 2.65. The van der Waals surface area contributed by atoms with Crippen LogP contribution < -0.4 is 5.32 Å². The highest BCUT2D eigenvalue weighted by atomic mass is 16.5. The maximum Gasteiger partial charge on any atom is 0.308 e. The number of piperazine rings is 1. The standard InChI is InChI=1S/C16H29N3O4/c1-4-7-10-23-15(21)11-13-16(22)17-8-9-19(13)14(20)12-18(5-2)6-3/h13H,4-12H2,1-3H3,(H,17,22). The molecule has 1 unspecified atom stereocenters. The van der Waals surface area contributed by atoms with E-state index >= 15 is 0 Å². The van der Waals surface area contributed by atoms with Crippen LogP contribution >= 0.6 is 0 Å². The highest BCUT2D eigenvalue weighted by molar-refractivity contribution is 5.92. The van der Waals surface area contributed by atoms with Crippen LogP contribution in [0.5, 0.6) is 0 Å². The van der Waals surface area contributed by atoms with Crippen molar-refractivity contribution in [2.24, 2.45) is 0 Å². The molecule has 7 nitrogen and oxygen atoms in total. The third-order valence-corrected chi connectivity index (χ3v) is 4.03. The first-order valence-electron chi connectivity index (χ1n) is 8.48. The fraction of sp³-hybridized carbons (Fsp3) is 0.812. The minimum atomic E-state index is -0.763. The van der Waals surface area contributed by atoms with Gasteiger partial charge in [-0.1, -0.05) is 27.2 Å². The van der Waals surface area contributed by atoms with Crippen molar-refractivity contribution in [3.05, 3.63) is 0 Å². The van der Waals surface area contributed by atoms with Crippen LogP contribution in [-0.2, 0) is 19.1 Å². The first-order valence-corrected chi connectivity index (χ1v) is 8.48. The van der Waals surface area contributed by atoms with Gasteiger partial charge in [-0.15, -0.1) is 0 Å². The Hall–Kier alpha value is -1.63. The molecule has 0 aromatic rings. The molecule has 1 aliphatic heterocycles. The molecule has 0 aromatic heterocycles. The Morgan fingerprint density at radius 3 is 2.61 bits per heavy atom. The summed E-state index contributed by atoms with van der Waals surface area (Å²) in [5.74, 6) is -0.826. The number of carbonyl (C=O) groups excluding carboxylic acids is 3. The van der Waals surface area contributed by atoms with Gasteiger partial charge in [-0.25, -0.2) is 0 Å². The maximum atomic E-state index is 12.5. The highest BCUT2D eigenvalue weighted by Gasteiger charge is 2.35. The molecule has 1 fully saturated rings. The highest BCUT2D eigenvalue weighted by Crippen LogP contribution is 2.11. The smallest absolute Gasteiger partial charge is 0.308 e. The molecule has 0 bridgehead atoms. The molecule has 132 valence electrons. The van der Waals surface area contributed by atoms with E-state index in [0.29, 0.717) is 19.7 Å². The summed E-state index contributed by atoms with van der Waals surface area (Å²) in [4.78, 5) is 39.9. The molecule has 0 aliphatic carbocycles. The lowest BCUT2D eigenvalue weighted by atomic mass is 10.1. The van der Waals surface area contributed by atoms with Crippen LogP contribution in [0.1, 0.15) is 40.0 Å². The SMILES string of the molecule is CCCCOC(=O)CC1C(=O)NCCN1C(=O)CN(CC)CC. The summed E-state index contributed by atoms with van der Waals surface area (Å²) in [5.41, 5.74) is 0. The summed E-state index contributed by atoms with van der Waals surface area (Å²) in [6, 6.07) is -0.763. The van der Waals surface area contributed by atoms with Crippen molar-refractivity contribution in [1.82, 2.24) is 15.1 Å². The lowest BCUT2D eigenvalue weighted by Crippen LogP contribution is -2.59. The summed E-state index contributed by atoms with van der Waals surface area (Å²) in [6.07, 6.45) is 1.65. The normalized spacial score (nSPS) is 18.0. The fourth-order valence-corrected chi connectivity index (χ4v) is 2.49. The number of ether oxygens (including phenoxy) is 1. The number of hydrogen-bond donors (Lipinski definition) is 1. The zero-order chi connectivity index (χ0) is 17.2. The van der Waals surface area contributed by atoms with Gasteiger partial charge in [0.25, 0.3) is 0 Å². The van der Waals surface area contributed by atoms with Crippen LogP contribution in [0.25, 0.3) is 0 Å². The zero-order valence-electron chi connectivity index (χ0n) is 14.5. The van der Waals surface area contributed by atoms with E-state index in [1.54, 1.807) is 0 Å². The van der Waals surface area contributed by atoms with Crippen LogP contribution in [0.2, 0.25) is 0 Å². The summed E-state index contributed by atoms with van der Waals surface area (Å²) in [6.45, 7) is 9.00. The second kappa shape index (κ2) is 10.2. The van der Waals surface area contributed by atoms with Crippen LogP contribution in [0, 0.1) is 0 Å². The monoisotopic (exact) mass is 327 g/mol. The number of likely N-dealkylation sites (N-methyl/N-ethyl adjacent to an activating group) is 1. The number of hydrogen-bond acceptors (Lipinski definition) is 5. The van der Waals surface area contributed by atoms with E-state index in [0.717, 1.165) is 25.9 Å². The van der Waals surface area contributed by atoms with Gasteiger partial charge in [0.15, 0.2) is 0 Å². The second-order valence-electron chi connectivity index (χ2n) is 5.63. The van der Waals surface area contributed by atoms with Gasteiger partial charge in [0.1, 0.15) is 6.04 Å². The van der Waals surface area contributed by atoms with Gasteiger partial charge < -0.3 is 15.0 Å². The number of carbonyl (C=O) groups is 3. The Morgan fingerprint density at radius 2 is 2.00 bits per heavy atom. The van der Waals surface area contributed by atoms with Gasteiger partial charge in [-0.3, -0.25) is 19.3 Å². The third kappa shape index (κ3) is 6.17. The number of rotatable bonds is 9. The Kier molecular flexibility index (Phi) is 8.61. The van der Waals surface area contributed by atoms with E-state index in [4.69, 9.17) is 4.74 Å². The molecular weight excluding hydrogens is 298 g/mol. The quantitative estimate of drug-likeness (QED) is 0.489. The van der Waals surface area contributed by atoms with Crippen LogP contribution in [-0.4, -0.2) is 73.0 Å². The predicted molar refractivity (Wildman–Crippen MR) is 86.8 cm³/mol. The lowest BCUT2D eigenvalue weighted by molar-refractivity contribution is -0.152. The molecule has 2 amide bonds. The first-order chi connectivity index (χ1) is 11.0. The molecule has 0 spiro atoms. The minimum absolute atomic E-state index is 0.0838. The third-order valence-electron chi connectivity index (χ3n) is 4.03. The Morgan fingerprint density at radius 1 is 1.30 bits per heavy atom. The molecule has 7 heteroatoms. The topological polar surface area (TPSA) is 79.0 Å². The van der Waals surface area contributed by atoms with E-state index in [1.807, 2.05) is 25.7 Å². The molecule has 1 saturated heterocycles. The van der Waals surface area contributed by atoms with Gasteiger partial charge in [0.05, 0.1) is 19.6 Å². The Labute approximate surface area is 138 Å². The lowest BCUT2D eigenvalue weighted by Gasteiger charge is -2.35. The predicted octanol–water partition coefficient (Wildman–Crippen LogP) is 0.389. The van der Waals surface area contributed by atoms with Gasteiger partial charge in [-0.05, 0) is 19.5 Å². The van der Waals surface area contributed by atoms with Crippen molar-refractivity contribution in [3.8, 4) is 0 Å². The number of esters is 1. The average molecular weight is 327 g/mol. The Bertz CT molecular complexity index is 410. The van der Waals surface area contributed by atoms with Crippen molar-refractivity contribution < 1.29 is 19.1 Å². The van der Waals surface area contributed by atoms with Gasteiger partial charge in [-0.2, -0.15) is 0 Å². The van der Waals surface area contributed by atoms with Crippen molar-refractivity contribution in [2.75, 3.05) is 39.3 Å². The van der Waals surface area contributed by atoms with Crippen molar-refractivity contribution in [3.63, 3.8) is 0 Å². The molecule has 1 N–H and O–H groups in total. The number of nitrogens with one attached hydrogen (secondary N) is 1. The number of nitrogens with zero attached hydrogens (tertiary/aromatic N) is 2. The zero-order valence-corrected chi connectivity index (χ0v) is 14.5. The van der Waals surface area contributed by atoms with Gasteiger partial charge >= 0.3 is 5.97 Å². The molecule has 0 aromatic carbocycles. The summed E-state index contributed by atoms with van der Waals surface area (Å²) in [5, 5.41) is 2.72. The van der Waals surface area contributed by atoms with Crippen molar-refractivity contribution >= 4 is 17.8 Å². The van der Waals surface area contributed by atoms with E-state index in [1.165, 1.54) is 4.90 Å². The summed E-state index contributed by atoms with van der Waals surface area (Å²) >= 11 is 0. The molecule has 1 rings (SSSR count). The molecule has 0 saturated carbocycles. The van der Waals surface area contributed by atoms with Crippen LogP contribution in [0.3, 0.4) is 0 Å². The molecule has 1 aliphatic rings. The first kappa shape index (κ1) is 19.4. The van der Waals surface area contributed by atoms with Gasteiger partial charge in [0, 0.05) is 13.1 Å². The second-order valence-corrected chi connectivity index (χ2v) is 5.63. The van der Waals surface area contributed by atoms with E-state index in [-0.39, 0.29) is 24.8 Å². The van der Waals surface area contributed by atoms with Crippen LogP contribution in [0.4, 0.5) is 0 Å². The minimum Gasteiger partial charge on any atom is -0.466 e.